The van der Waals surface area contributed by atoms with Gasteiger partial charge in [0, 0.05) is 29.8 Å². The molecule has 0 aliphatic rings. The van der Waals surface area contributed by atoms with E-state index in [9.17, 15) is 4.79 Å². The maximum absolute atomic E-state index is 11.9. The molecule has 3 nitrogen and oxygen atoms in total. The molecule has 0 rings (SSSR count). The van der Waals surface area contributed by atoms with Gasteiger partial charge in [-0.3, -0.25) is 4.79 Å². The van der Waals surface area contributed by atoms with Crippen LogP contribution in [0.3, 0.4) is 0 Å². The largest absolute Gasteiger partial charge is 0.380 e. The van der Waals surface area contributed by atoms with E-state index in [0.717, 1.165) is 13.0 Å². The topological polar surface area (TPSA) is 38.3 Å². The Balaban J connectivity index is 4.09. The van der Waals surface area contributed by atoms with Crippen LogP contribution < -0.4 is 5.32 Å². The van der Waals surface area contributed by atoms with E-state index >= 15 is 0 Å². The van der Waals surface area contributed by atoms with Crippen molar-refractivity contribution in [2.24, 2.45) is 10.8 Å². The summed E-state index contributed by atoms with van der Waals surface area (Å²) in [5.74, 6) is 0.299. The Morgan fingerprint density at radius 1 is 1.16 bits per heavy atom. The van der Waals surface area contributed by atoms with Gasteiger partial charge in [0.1, 0.15) is 5.78 Å². The number of carbonyl (C=O) groups is 1. The first kappa shape index (κ1) is 18.6. The number of ketones is 1. The average molecular weight is 271 g/mol. The number of hydrogen-bond donors (Lipinski definition) is 1. The molecule has 0 fully saturated rings. The number of nitrogens with one attached hydrogen (secondary N) is 1. The Bertz CT molecular complexity index is 270. The lowest BCUT2D eigenvalue weighted by molar-refractivity contribution is -0.131. The van der Waals surface area contributed by atoms with E-state index in [0.29, 0.717) is 31.5 Å². The van der Waals surface area contributed by atoms with E-state index < -0.39 is 0 Å². The SMILES string of the molecule is CCCC(=O)C(C)(C)COCC(C)(C)CNC(C)C. The van der Waals surface area contributed by atoms with Gasteiger partial charge in [-0.1, -0.05) is 48.5 Å². The summed E-state index contributed by atoms with van der Waals surface area (Å²) in [4.78, 5) is 11.9. The molecule has 0 unspecified atom stereocenters. The monoisotopic (exact) mass is 271 g/mol. The standard InChI is InChI=1S/C16H33NO2/c1-8-9-14(18)16(6,7)12-19-11-15(4,5)10-17-13(2)3/h13,17H,8-12H2,1-7H3. The summed E-state index contributed by atoms with van der Waals surface area (Å²) >= 11 is 0. The molecule has 0 aromatic heterocycles. The van der Waals surface area contributed by atoms with Crippen LogP contribution in [0.5, 0.6) is 0 Å². The summed E-state index contributed by atoms with van der Waals surface area (Å²) in [7, 11) is 0. The molecule has 0 aromatic carbocycles. The Hall–Kier alpha value is -0.410. The van der Waals surface area contributed by atoms with Crippen molar-refractivity contribution in [1.29, 1.82) is 0 Å². The highest BCUT2D eigenvalue weighted by Gasteiger charge is 2.28. The molecule has 0 aromatic rings. The fraction of sp³-hybridized carbons (Fsp3) is 0.938. The molecule has 3 heteroatoms. The van der Waals surface area contributed by atoms with Gasteiger partial charge in [0.15, 0.2) is 0 Å². The van der Waals surface area contributed by atoms with Gasteiger partial charge in [0.25, 0.3) is 0 Å². The minimum absolute atomic E-state index is 0.0914. The first-order valence-electron chi connectivity index (χ1n) is 7.45. The molecule has 0 aliphatic carbocycles. The second kappa shape index (κ2) is 8.01. The lowest BCUT2D eigenvalue weighted by Crippen LogP contribution is -2.38. The Kier molecular flexibility index (Phi) is 7.83. The molecule has 19 heavy (non-hydrogen) atoms. The minimum atomic E-state index is -0.364. The molecule has 0 atom stereocenters. The zero-order valence-corrected chi connectivity index (χ0v) is 13.9. The fourth-order valence-corrected chi connectivity index (χ4v) is 1.76. The highest BCUT2D eigenvalue weighted by Crippen LogP contribution is 2.22. The van der Waals surface area contributed by atoms with Crippen molar-refractivity contribution >= 4 is 5.78 Å². The van der Waals surface area contributed by atoms with E-state index in [2.05, 4.69) is 33.0 Å². The molecule has 0 radical (unpaired) electrons. The predicted octanol–water partition coefficient (Wildman–Crippen LogP) is 3.42. The third kappa shape index (κ3) is 8.38. The summed E-state index contributed by atoms with van der Waals surface area (Å²) < 4.78 is 5.80. The van der Waals surface area contributed by atoms with Gasteiger partial charge in [-0.05, 0) is 6.42 Å². The highest BCUT2D eigenvalue weighted by molar-refractivity contribution is 5.84. The lowest BCUT2D eigenvalue weighted by atomic mass is 9.86. The van der Waals surface area contributed by atoms with Crippen LogP contribution >= 0.6 is 0 Å². The minimum Gasteiger partial charge on any atom is -0.380 e. The van der Waals surface area contributed by atoms with Gasteiger partial charge >= 0.3 is 0 Å². The van der Waals surface area contributed by atoms with Crippen LogP contribution in [0, 0.1) is 10.8 Å². The molecule has 0 heterocycles. The van der Waals surface area contributed by atoms with Gasteiger partial charge in [0.05, 0.1) is 13.2 Å². The van der Waals surface area contributed by atoms with Crippen LogP contribution in [0.4, 0.5) is 0 Å². The summed E-state index contributed by atoms with van der Waals surface area (Å²) in [5.41, 5.74) is -0.272. The van der Waals surface area contributed by atoms with Crippen LogP contribution in [-0.4, -0.2) is 31.6 Å². The van der Waals surface area contributed by atoms with Crippen LogP contribution in [0.25, 0.3) is 0 Å². The van der Waals surface area contributed by atoms with Crippen molar-refractivity contribution in [3.05, 3.63) is 0 Å². The zero-order chi connectivity index (χ0) is 15.1. The molecule has 0 amide bonds. The molecule has 1 N–H and O–H groups in total. The van der Waals surface area contributed by atoms with Crippen molar-refractivity contribution < 1.29 is 9.53 Å². The quantitative estimate of drug-likeness (QED) is 0.661. The first-order valence-corrected chi connectivity index (χ1v) is 7.45. The number of carbonyl (C=O) groups excluding carboxylic acids is 1. The van der Waals surface area contributed by atoms with E-state index in [1.807, 2.05) is 20.8 Å². The normalized spacial score (nSPS) is 13.1. The third-order valence-electron chi connectivity index (χ3n) is 3.18. The maximum Gasteiger partial charge on any atom is 0.140 e. The Labute approximate surface area is 119 Å². The summed E-state index contributed by atoms with van der Waals surface area (Å²) in [6.45, 7) is 16.8. The Morgan fingerprint density at radius 2 is 1.74 bits per heavy atom. The van der Waals surface area contributed by atoms with E-state index in [1.165, 1.54) is 0 Å². The van der Waals surface area contributed by atoms with Crippen molar-refractivity contribution in [2.75, 3.05) is 19.8 Å². The third-order valence-corrected chi connectivity index (χ3v) is 3.18. The van der Waals surface area contributed by atoms with E-state index in [4.69, 9.17) is 4.74 Å². The molecule has 0 saturated carbocycles. The molecule has 0 aliphatic heterocycles. The van der Waals surface area contributed by atoms with Crippen LogP contribution in [0.15, 0.2) is 0 Å². The van der Waals surface area contributed by atoms with Crippen molar-refractivity contribution in [3.63, 3.8) is 0 Å². The van der Waals surface area contributed by atoms with Gasteiger partial charge in [-0.15, -0.1) is 0 Å². The van der Waals surface area contributed by atoms with Gasteiger partial charge in [0.2, 0.25) is 0 Å². The van der Waals surface area contributed by atoms with E-state index in [1.54, 1.807) is 0 Å². The summed E-state index contributed by atoms with van der Waals surface area (Å²) in [5, 5.41) is 3.43. The average Bonchev–Trinajstić information content (AvgIpc) is 2.26. The zero-order valence-electron chi connectivity index (χ0n) is 13.9. The van der Waals surface area contributed by atoms with Crippen LogP contribution in [-0.2, 0) is 9.53 Å². The van der Waals surface area contributed by atoms with Crippen LogP contribution in [0.2, 0.25) is 0 Å². The fourth-order valence-electron chi connectivity index (χ4n) is 1.76. The molecule has 0 spiro atoms. The Morgan fingerprint density at radius 3 is 2.21 bits per heavy atom. The molecule has 114 valence electrons. The van der Waals surface area contributed by atoms with E-state index in [-0.39, 0.29) is 10.8 Å². The molecular weight excluding hydrogens is 238 g/mol. The number of rotatable bonds is 10. The van der Waals surface area contributed by atoms with Crippen molar-refractivity contribution in [2.45, 2.75) is 67.3 Å². The first-order chi connectivity index (χ1) is 8.60. The summed E-state index contributed by atoms with van der Waals surface area (Å²) in [6, 6.07) is 0.488. The van der Waals surface area contributed by atoms with Crippen molar-refractivity contribution in [1.82, 2.24) is 5.32 Å². The van der Waals surface area contributed by atoms with Crippen molar-refractivity contribution in [3.8, 4) is 0 Å². The number of hydrogen-bond acceptors (Lipinski definition) is 3. The summed E-state index contributed by atoms with van der Waals surface area (Å²) in [6.07, 6.45) is 1.56. The highest BCUT2D eigenvalue weighted by atomic mass is 16.5. The molecular formula is C16H33NO2. The van der Waals surface area contributed by atoms with Gasteiger partial charge in [-0.2, -0.15) is 0 Å². The smallest absolute Gasteiger partial charge is 0.140 e. The number of ether oxygens (including phenoxy) is 1. The molecule has 0 saturated heterocycles. The second-order valence-electron chi connectivity index (χ2n) is 7.25. The second-order valence-corrected chi connectivity index (χ2v) is 7.25. The molecule has 0 bridgehead atoms. The maximum atomic E-state index is 11.9. The van der Waals surface area contributed by atoms with Crippen LogP contribution in [0.1, 0.15) is 61.3 Å². The van der Waals surface area contributed by atoms with Gasteiger partial charge < -0.3 is 10.1 Å². The lowest BCUT2D eigenvalue weighted by Gasteiger charge is -2.29. The van der Waals surface area contributed by atoms with Gasteiger partial charge in [-0.25, -0.2) is 0 Å². The predicted molar refractivity (Wildman–Crippen MR) is 81.4 cm³/mol. The number of Topliss-reactive ketones (excluding diaryl/α,β-unsaturated/α-hetero) is 1.